The first-order valence-corrected chi connectivity index (χ1v) is 4.03. The largest absolute Gasteiger partial charge is 1.00 e. The van der Waals surface area contributed by atoms with Crippen LogP contribution < -0.4 is 35.3 Å². The van der Waals surface area contributed by atoms with Gasteiger partial charge in [-0.05, 0) is 0 Å². The van der Waals surface area contributed by atoms with Crippen LogP contribution in [-0.4, -0.2) is 25.3 Å². The summed E-state index contributed by atoms with van der Waals surface area (Å²) in [6.07, 6.45) is 0. The minimum Gasteiger partial charge on any atom is -0.346 e. The molecule has 0 aliphatic rings. The van der Waals surface area contributed by atoms with Gasteiger partial charge in [0.25, 0.3) is 10.1 Å². The van der Waals surface area contributed by atoms with Gasteiger partial charge in [-0.15, -0.1) is 0 Å². The van der Waals surface area contributed by atoms with E-state index in [9.17, 15) is 8.42 Å². The predicted octanol–water partition coefficient (Wildman–Crippen LogP) is -3.32. The van der Waals surface area contributed by atoms with Crippen molar-refractivity contribution in [1.29, 1.82) is 0 Å². The Hall–Kier alpha value is 0.870. The Labute approximate surface area is 84.2 Å². The van der Waals surface area contributed by atoms with Gasteiger partial charge in [0.05, 0.1) is 5.75 Å². The van der Waals surface area contributed by atoms with Crippen LogP contribution in [0.25, 0.3) is 0 Å². The van der Waals surface area contributed by atoms with Crippen molar-refractivity contribution in [2.75, 3.05) is 12.3 Å². The zero-order chi connectivity index (χ0) is 7.91. The summed E-state index contributed by atoms with van der Waals surface area (Å²) in [5.41, 5.74) is 4.78. The summed E-state index contributed by atoms with van der Waals surface area (Å²) < 4.78 is 27.3. The van der Waals surface area contributed by atoms with Gasteiger partial charge in [-0.3, -0.25) is 4.55 Å². The molecule has 0 fully saturated rings. The maximum absolute atomic E-state index is 9.71. The molecule has 0 aliphatic heterocycles. The molecule has 6 heteroatoms. The van der Waals surface area contributed by atoms with Crippen molar-refractivity contribution in [3.05, 3.63) is 6.92 Å². The average molecular weight is 177 g/mol. The minimum absolute atomic E-state index is 0. The molecular formula is C4H12NNaO3S. The number of nitrogens with two attached hydrogens (primary N) is 1. The second-order valence-corrected chi connectivity index (χ2v) is 2.65. The third-order valence-corrected chi connectivity index (χ3v) is 1.13. The molecule has 0 unspecified atom stereocenters. The molecule has 58 valence electrons. The average Bonchev–Trinajstić information content (AvgIpc) is 1.69. The molecule has 4 nitrogen and oxygen atoms in total. The fraction of sp³-hybridized carbons (Fsp3) is 0.750. The first-order valence-electron chi connectivity index (χ1n) is 2.42. The summed E-state index contributed by atoms with van der Waals surface area (Å²) in [5.74, 6) is -0.354. The van der Waals surface area contributed by atoms with Crippen LogP contribution in [0.15, 0.2) is 0 Å². The van der Waals surface area contributed by atoms with Crippen molar-refractivity contribution in [2.24, 2.45) is 5.73 Å². The smallest absolute Gasteiger partial charge is 0.346 e. The fourth-order valence-corrected chi connectivity index (χ4v) is 0.447. The van der Waals surface area contributed by atoms with E-state index >= 15 is 0 Å². The summed E-state index contributed by atoms with van der Waals surface area (Å²) >= 11 is 0. The molecule has 0 amide bonds. The van der Waals surface area contributed by atoms with Crippen LogP contribution in [-0.2, 0) is 10.1 Å². The van der Waals surface area contributed by atoms with Crippen molar-refractivity contribution in [3.63, 3.8) is 0 Å². The van der Waals surface area contributed by atoms with Gasteiger partial charge in [-0.25, -0.2) is 0 Å². The van der Waals surface area contributed by atoms with E-state index in [-0.39, 0.29) is 41.9 Å². The maximum Gasteiger partial charge on any atom is 1.00 e. The van der Waals surface area contributed by atoms with Gasteiger partial charge in [0.2, 0.25) is 0 Å². The molecule has 0 spiro atoms. The van der Waals surface area contributed by atoms with Crippen LogP contribution in [0, 0.1) is 6.92 Å². The van der Waals surface area contributed by atoms with Gasteiger partial charge >= 0.3 is 29.6 Å². The van der Waals surface area contributed by atoms with Gasteiger partial charge in [-0.1, -0.05) is 0 Å². The predicted molar refractivity (Wildman–Crippen MR) is 36.5 cm³/mol. The van der Waals surface area contributed by atoms with Crippen LogP contribution in [0.5, 0.6) is 0 Å². The Morgan fingerprint density at radius 3 is 1.80 bits per heavy atom. The Bertz CT molecular complexity index is 133. The van der Waals surface area contributed by atoms with Crippen molar-refractivity contribution >= 4 is 10.1 Å². The molecule has 0 saturated heterocycles. The van der Waals surface area contributed by atoms with E-state index in [2.05, 4.69) is 6.92 Å². The molecule has 0 saturated carbocycles. The maximum atomic E-state index is 9.71. The molecule has 0 atom stereocenters. The summed E-state index contributed by atoms with van der Waals surface area (Å²) in [6, 6.07) is 0. The van der Waals surface area contributed by atoms with Crippen molar-refractivity contribution < 1.29 is 42.5 Å². The van der Waals surface area contributed by atoms with Crippen LogP contribution >= 0.6 is 0 Å². The second kappa shape index (κ2) is 9.87. The summed E-state index contributed by atoms with van der Waals surface area (Å²) in [5, 5.41) is 0. The summed E-state index contributed by atoms with van der Waals surface area (Å²) in [6.45, 7) is 4.97. The molecule has 0 rings (SSSR count). The summed E-state index contributed by atoms with van der Waals surface area (Å²) in [4.78, 5) is 0. The van der Waals surface area contributed by atoms with Crippen LogP contribution in [0.1, 0.15) is 6.92 Å². The number of hydrogen-bond donors (Lipinski definition) is 2. The van der Waals surface area contributed by atoms with E-state index < -0.39 is 10.1 Å². The van der Waals surface area contributed by atoms with Gasteiger partial charge < -0.3 is 12.7 Å². The van der Waals surface area contributed by atoms with Gasteiger partial charge in [-0.2, -0.15) is 15.3 Å². The quantitative estimate of drug-likeness (QED) is 0.263. The van der Waals surface area contributed by atoms with Crippen molar-refractivity contribution in [2.45, 2.75) is 6.92 Å². The monoisotopic (exact) mass is 177 g/mol. The zero-order valence-electron chi connectivity index (χ0n) is 6.37. The van der Waals surface area contributed by atoms with E-state index in [1.165, 1.54) is 0 Å². The van der Waals surface area contributed by atoms with Gasteiger partial charge in [0.15, 0.2) is 0 Å². The Morgan fingerprint density at radius 2 is 1.80 bits per heavy atom. The van der Waals surface area contributed by atoms with E-state index in [0.717, 1.165) is 0 Å². The fourth-order valence-electron chi connectivity index (χ4n) is 0.149. The first kappa shape index (κ1) is 17.1. The second-order valence-electron chi connectivity index (χ2n) is 1.07. The Kier molecular flexibility index (Phi) is 16.9. The number of hydrogen-bond acceptors (Lipinski definition) is 3. The third kappa shape index (κ3) is 23.2. The SMILES string of the molecule is NCCS(=O)(=O)O.[CH2-]C.[Na+]. The Morgan fingerprint density at radius 1 is 1.50 bits per heavy atom. The molecule has 0 aliphatic carbocycles. The molecule has 0 aromatic heterocycles. The van der Waals surface area contributed by atoms with Gasteiger partial charge in [0.1, 0.15) is 0 Å². The Balaban J connectivity index is -0.000000149. The van der Waals surface area contributed by atoms with E-state index in [4.69, 9.17) is 10.3 Å². The molecule has 0 aromatic carbocycles. The third-order valence-electron chi connectivity index (χ3n) is 0.376. The van der Waals surface area contributed by atoms with Crippen LogP contribution in [0.4, 0.5) is 0 Å². The van der Waals surface area contributed by atoms with Crippen LogP contribution in [0.3, 0.4) is 0 Å². The van der Waals surface area contributed by atoms with Crippen LogP contribution in [0.2, 0.25) is 0 Å². The molecule has 0 aromatic rings. The molecule has 0 bridgehead atoms. The standard InChI is InChI=1S/C2H7NO3S.C2H5.Na/c3-1-2-7(4,5)6;1-2;/h1-3H2,(H,4,5,6);1H2,2H3;/q;-1;+1. The van der Waals surface area contributed by atoms with E-state index in [0.29, 0.717) is 0 Å². The molecule has 0 radical (unpaired) electrons. The van der Waals surface area contributed by atoms with Gasteiger partial charge in [0, 0.05) is 6.54 Å². The minimum atomic E-state index is -3.80. The van der Waals surface area contributed by atoms with E-state index in [1.807, 2.05) is 0 Å². The topological polar surface area (TPSA) is 80.4 Å². The van der Waals surface area contributed by atoms with E-state index in [1.54, 1.807) is 6.92 Å². The molecule has 3 N–H and O–H groups in total. The number of rotatable bonds is 2. The molecule has 0 heterocycles. The van der Waals surface area contributed by atoms with Crippen molar-refractivity contribution in [3.8, 4) is 0 Å². The normalized spacial score (nSPS) is 8.80. The summed E-state index contributed by atoms with van der Waals surface area (Å²) in [7, 11) is -3.80. The van der Waals surface area contributed by atoms with Crippen molar-refractivity contribution in [1.82, 2.24) is 0 Å². The first-order chi connectivity index (χ1) is 4.06. The molecule has 10 heavy (non-hydrogen) atoms. The zero-order valence-corrected chi connectivity index (χ0v) is 9.19. The molecular weight excluding hydrogens is 165 g/mol.